The molecule has 2 rings (SSSR count). The van der Waals surface area contributed by atoms with Gasteiger partial charge >= 0.3 is 0 Å². The summed E-state index contributed by atoms with van der Waals surface area (Å²) in [4.78, 5) is 28.3. The first-order chi connectivity index (χ1) is 11.4. The van der Waals surface area contributed by atoms with E-state index in [9.17, 15) is 9.59 Å². The molecule has 0 aliphatic carbocycles. The Labute approximate surface area is 145 Å². The van der Waals surface area contributed by atoms with Crippen LogP contribution in [0.2, 0.25) is 0 Å². The molecule has 0 radical (unpaired) electrons. The fourth-order valence-corrected chi connectivity index (χ4v) is 3.50. The van der Waals surface area contributed by atoms with E-state index in [1.807, 2.05) is 36.2 Å². The van der Waals surface area contributed by atoms with Gasteiger partial charge in [0.25, 0.3) is 5.91 Å². The molecule has 1 aliphatic heterocycles. The van der Waals surface area contributed by atoms with Gasteiger partial charge < -0.3 is 10.2 Å². The van der Waals surface area contributed by atoms with E-state index in [4.69, 9.17) is 0 Å². The number of benzene rings is 1. The zero-order valence-corrected chi connectivity index (χ0v) is 15.2. The summed E-state index contributed by atoms with van der Waals surface area (Å²) in [6, 6.07) is 8.19. The van der Waals surface area contributed by atoms with Crippen LogP contribution in [0.25, 0.3) is 0 Å². The Hall–Kier alpha value is -1.88. The van der Waals surface area contributed by atoms with E-state index in [1.165, 1.54) is 6.42 Å². The van der Waals surface area contributed by atoms with Crippen LogP contribution in [0.5, 0.6) is 0 Å². The number of hydrogen-bond donors (Lipinski definition) is 1. The summed E-state index contributed by atoms with van der Waals surface area (Å²) in [5.74, 6) is 0.123. The average molecular weight is 331 g/mol. The molecule has 1 saturated heterocycles. The van der Waals surface area contributed by atoms with Crippen molar-refractivity contribution in [2.45, 2.75) is 51.7 Å². The zero-order chi connectivity index (χ0) is 17.7. The number of rotatable bonds is 5. The molecule has 1 heterocycles. The molecular weight excluding hydrogens is 302 g/mol. The van der Waals surface area contributed by atoms with Crippen LogP contribution in [-0.2, 0) is 11.3 Å². The number of nitrogens with one attached hydrogen (secondary N) is 1. The molecule has 2 amide bonds. The molecule has 2 atom stereocenters. The first-order valence-electron chi connectivity index (χ1n) is 8.73. The van der Waals surface area contributed by atoms with E-state index >= 15 is 0 Å². The minimum atomic E-state index is -0.0850. The fraction of sp³-hybridized carbons (Fsp3) is 0.579. The summed E-state index contributed by atoms with van der Waals surface area (Å²) in [7, 11) is 3.59. The maximum Gasteiger partial charge on any atom is 0.251 e. The van der Waals surface area contributed by atoms with Gasteiger partial charge in [0, 0.05) is 31.2 Å². The number of piperidine rings is 1. The van der Waals surface area contributed by atoms with Crippen LogP contribution in [-0.4, -0.2) is 54.3 Å². The van der Waals surface area contributed by atoms with Crippen molar-refractivity contribution in [2.75, 3.05) is 20.6 Å². The molecule has 1 N–H and O–H groups in total. The lowest BCUT2D eigenvalue weighted by molar-refractivity contribution is -0.138. The third-order valence-electron chi connectivity index (χ3n) is 4.78. The monoisotopic (exact) mass is 331 g/mol. The highest BCUT2D eigenvalue weighted by atomic mass is 16.2. The third kappa shape index (κ3) is 4.57. The third-order valence-corrected chi connectivity index (χ3v) is 4.78. The molecule has 24 heavy (non-hydrogen) atoms. The summed E-state index contributed by atoms with van der Waals surface area (Å²) >= 11 is 0. The molecule has 0 aromatic heterocycles. The van der Waals surface area contributed by atoms with Crippen molar-refractivity contribution >= 4 is 11.8 Å². The van der Waals surface area contributed by atoms with Crippen molar-refractivity contribution in [1.82, 2.24) is 15.1 Å². The van der Waals surface area contributed by atoms with E-state index in [2.05, 4.69) is 24.1 Å². The van der Waals surface area contributed by atoms with Crippen LogP contribution < -0.4 is 5.32 Å². The summed E-state index contributed by atoms with van der Waals surface area (Å²) in [6.45, 7) is 5.40. The van der Waals surface area contributed by atoms with Gasteiger partial charge in [0.05, 0.1) is 6.54 Å². The summed E-state index contributed by atoms with van der Waals surface area (Å²) in [6.07, 6.45) is 3.40. The molecule has 5 heteroatoms. The molecule has 1 aromatic rings. The van der Waals surface area contributed by atoms with E-state index in [-0.39, 0.29) is 11.8 Å². The Morgan fingerprint density at radius 2 is 1.75 bits per heavy atom. The van der Waals surface area contributed by atoms with Gasteiger partial charge in [-0.2, -0.15) is 0 Å². The molecule has 0 spiro atoms. The molecule has 5 nitrogen and oxygen atoms in total. The van der Waals surface area contributed by atoms with Gasteiger partial charge in [-0.15, -0.1) is 0 Å². The minimum Gasteiger partial charge on any atom is -0.355 e. The number of amides is 2. The Balaban J connectivity index is 1.91. The van der Waals surface area contributed by atoms with E-state index < -0.39 is 0 Å². The topological polar surface area (TPSA) is 52.7 Å². The lowest BCUT2D eigenvalue weighted by Gasteiger charge is -2.39. The standard InChI is InChI=1S/C19H29N3O2/c1-14-6-5-7-15(2)22(14)18(23)13-21(4)12-16-8-10-17(11-9-16)19(24)20-3/h8-11,14-15H,5-7,12-13H2,1-4H3,(H,20,24)/t14-,15-/m1/s1. The number of carbonyl (C=O) groups excluding carboxylic acids is 2. The van der Waals surface area contributed by atoms with Crippen LogP contribution in [0.1, 0.15) is 49.0 Å². The van der Waals surface area contributed by atoms with Crippen LogP contribution in [0, 0.1) is 0 Å². The summed E-state index contributed by atoms with van der Waals surface area (Å²) < 4.78 is 0. The normalized spacial score (nSPS) is 21.0. The Morgan fingerprint density at radius 1 is 1.17 bits per heavy atom. The minimum absolute atomic E-state index is 0.0850. The predicted molar refractivity (Wildman–Crippen MR) is 95.8 cm³/mol. The van der Waals surface area contributed by atoms with Gasteiger partial charge in [0.2, 0.25) is 5.91 Å². The maximum absolute atomic E-state index is 12.6. The summed E-state index contributed by atoms with van der Waals surface area (Å²) in [5.41, 5.74) is 1.74. The second-order valence-corrected chi connectivity index (χ2v) is 6.88. The molecule has 0 bridgehead atoms. The van der Waals surface area contributed by atoms with Crippen LogP contribution in [0.3, 0.4) is 0 Å². The van der Waals surface area contributed by atoms with Crippen molar-refractivity contribution in [3.8, 4) is 0 Å². The quantitative estimate of drug-likeness (QED) is 0.900. The van der Waals surface area contributed by atoms with Crippen molar-refractivity contribution in [1.29, 1.82) is 0 Å². The highest BCUT2D eigenvalue weighted by molar-refractivity contribution is 5.93. The lowest BCUT2D eigenvalue weighted by atomic mass is 9.97. The smallest absolute Gasteiger partial charge is 0.251 e. The van der Waals surface area contributed by atoms with Crippen molar-refractivity contribution in [3.63, 3.8) is 0 Å². The summed E-state index contributed by atoms with van der Waals surface area (Å²) in [5, 5.41) is 2.61. The Bertz CT molecular complexity index is 560. The number of hydrogen-bond acceptors (Lipinski definition) is 3. The van der Waals surface area contributed by atoms with Gasteiger partial charge in [-0.05, 0) is 57.9 Å². The second-order valence-electron chi connectivity index (χ2n) is 6.88. The van der Waals surface area contributed by atoms with Crippen molar-refractivity contribution in [2.24, 2.45) is 0 Å². The van der Waals surface area contributed by atoms with Crippen LogP contribution in [0.4, 0.5) is 0 Å². The largest absolute Gasteiger partial charge is 0.355 e. The van der Waals surface area contributed by atoms with Crippen LogP contribution >= 0.6 is 0 Å². The molecule has 0 saturated carbocycles. The highest BCUT2D eigenvalue weighted by Gasteiger charge is 2.29. The molecule has 132 valence electrons. The Morgan fingerprint density at radius 3 is 2.29 bits per heavy atom. The van der Waals surface area contributed by atoms with Gasteiger partial charge in [0.15, 0.2) is 0 Å². The fourth-order valence-electron chi connectivity index (χ4n) is 3.50. The molecule has 0 unspecified atom stereocenters. The van der Waals surface area contributed by atoms with Crippen molar-refractivity contribution in [3.05, 3.63) is 35.4 Å². The average Bonchev–Trinajstić information content (AvgIpc) is 2.54. The van der Waals surface area contributed by atoms with E-state index in [0.717, 1.165) is 18.4 Å². The number of nitrogens with zero attached hydrogens (tertiary/aromatic N) is 2. The number of likely N-dealkylation sites (tertiary alicyclic amines) is 1. The lowest BCUT2D eigenvalue weighted by Crippen LogP contribution is -2.50. The predicted octanol–water partition coefficient (Wildman–Crippen LogP) is 2.27. The van der Waals surface area contributed by atoms with Gasteiger partial charge in [-0.3, -0.25) is 14.5 Å². The highest BCUT2D eigenvalue weighted by Crippen LogP contribution is 2.22. The first kappa shape index (κ1) is 18.5. The first-order valence-corrected chi connectivity index (χ1v) is 8.73. The number of likely N-dealkylation sites (N-methyl/N-ethyl adjacent to an activating group) is 1. The maximum atomic E-state index is 12.6. The zero-order valence-electron chi connectivity index (χ0n) is 15.2. The van der Waals surface area contributed by atoms with Crippen molar-refractivity contribution < 1.29 is 9.59 Å². The van der Waals surface area contributed by atoms with Gasteiger partial charge in [-0.1, -0.05) is 12.1 Å². The Kier molecular flexibility index (Phi) is 6.37. The SMILES string of the molecule is CNC(=O)c1ccc(CN(C)CC(=O)N2[C@H](C)CCC[C@H]2C)cc1. The molecular formula is C19H29N3O2. The molecule has 1 aliphatic rings. The second kappa shape index (κ2) is 8.29. The van der Waals surface area contributed by atoms with Crippen LogP contribution in [0.15, 0.2) is 24.3 Å². The molecule has 1 fully saturated rings. The van der Waals surface area contributed by atoms with Gasteiger partial charge in [0.1, 0.15) is 0 Å². The van der Waals surface area contributed by atoms with E-state index in [0.29, 0.717) is 30.7 Å². The van der Waals surface area contributed by atoms with Gasteiger partial charge in [-0.25, -0.2) is 0 Å². The number of carbonyl (C=O) groups is 2. The van der Waals surface area contributed by atoms with E-state index in [1.54, 1.807) is 7.05 Å². The molecule has 1 aromatic carbocycles.